The normalized spacial score (nSPS) is 16.0. The molecule has 4 atom stereocenters. The van der Waals surface area contributed by atoms with Gasteiger partial charge in [0.25, 0.3) is 0 Å². The highest BCUT2D eigenvalue weighted by molar-refractivity contribution is 5.48. The number of aliphatic hydroxyl groups is 2. The Labute approximate surface area is 159 Å². The van der Waals surface area contributed by atoms with Crippen molar-refractivity contribution in [1.82, 2.24) is 0 Å². The molecule has 0 aliphatic carbocycles. The summed E-state index contributed by atoms with van der Waals surface area (Å²) in [6.07, 6.45) is 6.85. The maximum Gasteiger partial charge on any atom is 0.241 e. The van der Waals surface area contributed by atoms with E-state index in [1.54, 1.807) is 6.92 Å². The first-order valence-electron chi connectivity index (χ1n) is 9.56. The maximum absolute atomic E-state index is 11.2. The monoisotopic (exact) mass is 388 g/mol. The quantitative estimate of drug-likeness (QED) is 0.128. The van der Waals surface area contributed by atoms with Gasteiger partial charge in [0, 0.05) is 29.1 Å². The highest BCUT2D eigenvalue weighted by Gasteiger charge is 2.29. The average Bonchev–Trinajstić information content (AvgIpc) is 2.62. The molecule has 0 saturated carbocycles. The van der Waals surface area contributed by atoms with Crippen molar-refractivity contribution in [2.24, 2.45) is 0 Å². The van der Waals surface area contributed by atoms with Gasteiger partial charge in [0.1, 0.15) is 18.5 Å². The molecule has 0 aromatic carbocycles. The summed E-state index contributed by atoms with van der Waals surface area (Å²) in [6.45, 7) is 1.65. The molecule has 27 heavy (non-hydrogen) atoms. The van der Waals surface area contributed by atoms with Crippen LogP contribution >= 0.6 is 0 Å². The molecule has 0 spiro atoms. The standard InChI is InChI=1S/C18H32N2O7/c1-2-17(22)15(19(24)25)12-8-9-13-18(23)16(20(26)27)11-7-5-3-4-6-10-14-21/h8-9,14-18,22-23H,2-7,10-13H2,1H3/b9-8-. The lowest BCUT2D eigenvalue weighted by molar-refractivity contribution is -0.535. The van der Waals surface area contributed by atoms with Gasteiger partial charge in [-0.05, 0) is 25.7 Å². The van der Waals surface area contributed by atoms with Crippen LogP contribution in [0.2, 0.25) is 0 Å². The van der Waals surface area contributed by atoms with Crippen LogP contribution in [-0.2, 0) is 4.79 Å². The number of unbranched alkanes of at least 4 members (excludes halogenated alkanes) is 5. The molecule has 9 nitrogen and oxygen atoms in total. The number of aliphatic hydroxyl groups excluding tert-OH is 2. The number of carbonyl (C=O) groups is 1. The van der Waals surface area contributed by atoms with E-state index in [9.17, 15) is 35.2 Å². The van der Waals surface area contributed by atoms with E-state index in [4.69, 9.17) is 0 Å². The third-order valence-corrected chi connectivity index (χ3v) is 4.59. The van der Waals surface area contributed by atoms with Crippen molar-refractivity contribution in [1.29, 1.82) is 0 Å². The third kappa shape index (κ3) is 11.4. The summed E-state index contributed by atoms with van der Waals surface area (Å²) < 4.78 is 0. The van der Waals surface area contributed by atoms with E-state index >= 15 is 0 Å². The van der Waals surface area contributed by atoms with Crippen molar-refractivity contribution in [2.75, 3.05) is 0 Å². The molecule has 0 aliphatic heterocycles. The lowest BCUT2D eigenvalue weighted by Gasteiger charge is -2.15. The SMILES string of the molecule is CCC(O)C(C/C=C\CC(O)C(CCCCCCCC=O)[N+](=O)[O-])[N+](=O)[O-]. The van der Waals surface area contributed by atoms with Gasteiger partial charge in [-0.1, -0.05) is 38.3 Å². The maximum atomic E-state index is 11.2. The summed E-state index contributed by atoms with van der Waals surface area (Å²) in [5.74, 6) is 0. The van der Waals surface area contributed by atoms with E-state index in [-0.39, 0.29) is 25.7 Å². The summed E-state index contributed by atoms with van der Waals surface area (Å²) >= 11 is 0. The predicted octanol–water partition coefficient (Wildman–Crippen LogP) is 2.67. The van der Waals surface area contributed by atoms with Crippen LogP contribution in [0.15, 0.2) is 12.2 Å². The highest BCUT2D eigenvalue weighted by atomic mass is 16.6. The van der Waals surface area contributed by atoms with E-state index in [0.29, 0.717) is 12.8 Å². The van der Waals surface area contributed by atoms with Crippen LogP contribution in [-0.4, -0.2) is 50.6 Å². The van der Waals surface area contributed by atoms with Crippen molar-refractivity contribution in [3.05, 3.63) is 32.4 Å². The van der Waals surface area contributed by atoms with E-state index in [1.807, 2.05) is 0 Å². The molecule has 0 saturated heterocycles. The van der Waals surface area contributed by atoms with Gasteiger partial charge in [0.2, 0.25) is 12.1 Å². The fraction of sp³-hybridized carbons (Fsp3) is 0.833. The molecule has 0 bridgehead atoms. The van der Waals surface area contributed by atoms with Gasteiger partial charge in [0.15, 0.2) is 0 Å². The first kappa shape index (κ1) is 25.1. The molecule has 2 N–H and O–H groups in total. The lowest BCUT2D eigenvalue weighted by Crippen LogP contribution is -2.33. The second-order valence-corrected chi connectivity index (χ2v) is 6.70. The number of aldehydes is 1. The number of hydrogen-bond donors (Lipinski definition) is 2. The summed E-state index contributed by atoms with van der Waals surface area (Å²) in [7, 11) is 0. The van der Waals surface area contributed by atoms with Crippen LogP contribution < -0.4 is 0 Å². The Morgan fingerprint density at radius 3 is 1.96 bits per heavy atom. The van der Waals surface area contributed by atoms with Gasteiger partial charge in [-0.2, -0.15) is 0 Å². The number of hydrogen-bond acceptors (Lipinski definition) is 7. The van der Waals surface area contributed by atoms with E-state index < -0.39 is 34.1 Å². The molecule has 0 aromatic heterocycles. The molecule has 0 heterocycles. The predicted molar refractivity (Wildman–Crippen MR) is 101 cm³/mol. The smallest absolute Gasteiger partial charge is 0.241 e. The zero-order valence-electron chi connectivity index (χ0n) is 15.9. The molecule has 0 amide bonds. The van der Waals surface area contributed by atoms with Gasteiger partial charge < -0.3 is 15.0 Å². The van der Waals surface area contributed by atoms with Crippen molar-refractivity contribution >= 4 is 6.29 Å². The van der Waals surface area contributed by atoms with Gasteiger partial charge >= 0.3 is 0 Å². The number of nitrogens with zero attached hydrogens (tertiary/aromatic N) is 2. The molecule has 0 rings (SSSR count). The van der Waals surface area contributed by atoms with Crippen LogP contribution in [0.3, 0.4) is 0 Å². The summed E-state index contributed by atoms with van der Waals surface area (Å²) in [4.78, 5) is 31.3. The molecule has 4 unspecified atom stereocenters. The number of carbonyl (C=O) groups excluding carboxylic acids is 1. The Balaban J connectivity index is 4.30. The van der Waals surface area contributed by atoms with Crippen LogP contribution in [0.4, 0.5) is 0 Å². The zero-order chi connectivity index (χ0) is 20.7. The number of nitro groups is 2. The summed E-state index contributed by atoms with van der Waals surface area (Å²) in [6, 6.07) is -2.19. The molecule has 0 radical (unpaired) electrons. The Hall–Kier alpha value is -1.87. The first-order chi connectivity index (χ1) is 12.8. The second kappa shape index (κ2) is 15.2. The van der Waals surface area contributed by atoms with Crippen molar-refractivity contribution in [3.8, 4) is 0 Å². The molecule has 0 aliphatic rings. The summed E-state index contributed by atoms with van der Waals surface area (Å²) in [5.41, 5.74) is 0. The fourth-order valence-electron chi connectivity index (χ4n) is 2.83. The van der Waals surface area contributed by atoms with Crippen LogP contribution in [0.25, 0.3) is 0 Å². The molecule has 0 aromatic rings. The minimum absolute atomic E-state index is 0.0125. The van der Waals surface area contributed by atoms with Crippen LogP contribution in [0.5, 0.6) is 0 Å². The van der Waals surface area contributed by atoms with Gasteiger partial charge in [-0.3, -0.25) is 20.2 Å². The van der Waals surface area contributed by atoms with E-state index in [1.165, 1.54) is 12.2 Å². The van der Waals surface area contributed by atoms with Crippen molar-refractivity contribution < 1.29 is 24.9 Å². The molecule has 0 fully saturated rings. The topological polar surface area (TPSA) is 144 Å². The average molecular weight is 388 g/mol. The Bertz CT molecular complexity index is 471. The minimum Gasteiger partial charge on any atom is -0.386 e. The molecular weight excluding hydrogens is 356 g/mol. The second-order valence-electron chi connectivity index (χ2n) is 6.70. The lowest BCUT2D eigenvalue weighted by atomic mass is 9.99. The molecule has 156 valence electrons. The first-order valence-corrected chi connectivity index (χ1v) is 9.56. The zero-order valence-corrected chi connectivity index (χ0v) is 15.9. The van der Waals surface area contributed by atoms with Gasteiger partial charge in [0.05, 0.1) is 0 Å². The van der Waals surface area contributed by atoms with Gasteiger partial charge in [-0.15, -0.1) is 0 Å². The van der Waals surface area contributed by atoms with E-state index in [2.05, 4.69) is 0 Å². The molecular formula is C18H32N2O7. The van der Waals surface area contributed by atoms with Crippen LogP contribution in [0.1, 0.15) is 71.1 Å². The minimum atomic E-state index is -1.16. The van der Waals surface area contributed by atoms with E-state index in [0.717, 1.165) is 32.0 Å². The van der Waals surface area contributed by atoms with Crippen molar-refractivity contribution in [3.63, 3.8) is 0 Å². The third-order valence-electron chi connectivity index (χ3n) is 4.59. The van der Waals surface area contributed by atoms with Crippen LogP contribution in [0, 0.1) is 20.2 Å². The molecule has 9 heteroatoms. The Kier molecular flexibility index (Phi) is 14.2. The number of rotatable bonds is 17. The Morgan fingerprint density at radius 2 is 1.41 bits per heavy atom. The largest absolute Gasteiger partial charge is 0.386 e. The summed E-state index contributed by atoms with van der Waals surface area (Å²) in [5, 5.41) is 41.8. The highest BCUT2D eigenvalue weighted by Crippen LogP contribution is 2.15. The van der Waals surface area contributed by atoms with Crippen molar-refractivity contribution in [2.45, 2.75) is 95.4 Å². The van der Waals surface area contributed by atoms with Gasteiger partial charge in [-0.25, -0.2) is 0 Å². The fourth-order valence-corrected chi connectivity index (χ4v) is 2.83. The Morgan fingerprint density at radius 1 is 0.852 bits per heavy atom.